The molecule has 0 aliphatic heterocycles. The van der Waals surface area contributed by atoms with Gasteiger partial charge in [-0.15, -0.1) is 0 Å². The Bertz CT molecular complexity index is 273. The van der Waals surface area contributed by atoms with Gasteiger partial charge < -0.3 is 0 Å². The van der Waals surface area contributed by atoms with Crippen LogP contribution in [0.4, 0.5) is 0 Å². The van der Waals surface area contributed by atoms with Crippen molar-refractivity contribution >= 4 is 61.5 Å². The van der Waals surface area contributed by atoms with E-state index in [1.807, 2.05) is 0 Å². The molecular weight excluding hydrogens is 263 g/mol. The molecule has 1 radical (unpaired) electrons. The summed E-state index contributed by atoms with van der Waals surface area (Å²) in [6.45, 7) is 2.21. The van der Waals surface area contributed by atoms with Crippen LogP contribution in [0.25, 0.3) is 0 Å². The standard InChI is InChI=1S/C12H24O3S.K/c1-2-3-4-5-6-7-8-9-10-11-12-16(13,14)15;/h11-12H,2-10H2,1H3,(H,13,14,15);. The normalized spacial score (nSPS) is 11.6. The second-order valence-corrected chi connectivity index (χ2v) is 5.45. The fraction of sp³-hybridized carbons (Fsp3) is 0.833. The van der Waals surface area contributed by atoms with Gasteiger partial charge in [-0.25, -0.2) is 0 Å². The van der Waals surface area contributed by atoms with E-state index in [0.717, 1.165) is 24.7 Å². The first-order valence-electron chi connectivity index (χ1n) is 6.20. The molecule has 0 atom stereocenters. The van der Waals surface area contributed by atoms with Crippen molar-refractivity contribution in [1.29, 1.82) is 0 Å². The molecule has 0 aromatic heterocycles. The molecule has 0 heterocycles. The molecule has 0 aromatic carbocycles. The van der Waals surface area contributed by atoms with Crippen molar-refractivity contribution in [3.05, 3.63) is 11.5 Å². The Morgan fingerprint density at radius 3 is 1.88 bits per heavy atom. The van der Waals surface area contributed by atoms with E-state index in [-0.39, 0.29) is 51.4 Å². The minimum Gasteiger partial charge on any atom is -0.282 e. The van der Waals surface area contributed by atoms with Crippen LogP contribution in [-0.4, -0.2) is 64.4 Å². The molecule has 0 saturated carbocycles. The summed E-state index contributed by atoms with van der Waals surface area (Å²) in [4.78, 5) is 0. The topological polar surface area (TPSA) is 54.4 Å². The van der Waals surface area contributed by atoms with Gasteiger partial charge in [0.15, 0.2) is 0 Å². The number of rotatable bonds is 10. The number of allylic oxidation sites excluding steroid dienone is 1. The molecule has 0 rings (SSSR count). The minimum absolute atomic E-state index is 0. The molecule has 0 unspecified atom stereocenters. The quantitative estimate of drug-likeness (QED) is 0.380. The molecule has 97 valence electrons. The zero-order valence-corrected chi connectivity index (χ0v) is 15.1. The number of hydrogen-bond acceptors (Lipinski definition) is 2. The van der Waals surface area contributed by atoms with Gasteiger partial charge in [0.1, 0.15) is 0 Å². The van der Waals surface area contributed by atoms with E-state index in [1.54, 1.807) is 0 Å². The van der Waals surface area contributed by atoms with Crippen molar-refractivity contribution < 1.29 is 13.0 Å². The van der Waals surface area contributed by atoms with Crippen LogP contribution in [0.15, 0.2) is 11.5 Å². The second-order valence-electron chi connectivity index (χ2n) is 4.15. The van der Waals surface area contributed by atoms with Crippen LogP contribution in [0.5, 0.6) is 0 Å². The van der Waals surface area contributed by atoms with E-state index in [2.05, 4.69) is 6.92 Å². The monoisotopic (exact) mass is 287 g/mol. The summed E-state index contributed by atoms with van der Waals surface area (Å²) in [6, 6.07) is 0. The van der Waals surface area contributed by atoms with Crippen molar-refractivity contribution in [1.82, 2.24) is 0 Å². The average molecular weight is 287 g/mol. The molecule has 0 aliphatic carbocycles. The van der Waals surface area contributed by atoms with Crippen LogP contribution >= 0.6 is 0 Å². The summed E-state index contributed by atoms with van der Waals surface area (Å²) in [5, 5.41) is 0.869. The van der Waals surface area contributed by atoms with Crippen molar-refractivity contribution in [2.75, 3.05) is 0 Å². The van der Waals surface area contributed by atoms with E-state index in [4.69, 9.17) is 4.55 Å². The first-order chi connectivity index (χ1) is 7.56. The summed E-state index contributed by atoms with van der Waals surface area (Å²) in [6.07, 6.45) is 12.2. The fourth-order valence-electron chi connectivity index (χ4n) is 1.59. The molecule has 0 saturated heterocycles. The van der Waals surface area contributed by atoms with Crippen LogP contribution in [0.1, 0.15) is 64.7 Å². The Hall–Kier alpha value is 1.29. The number of hydrogen-bond donors (Lipinski definition) is 1. The zero-order chi connectivity index (χ0) is 12.3. The third-order valence-electron chi connectivity index (χ3n) is 2.49. The predicted molar refractivity (Wildman–Crippen MR) is 73.7 cm³/mol. The Morgan fingerprint density at radius 1 is 0.941 bits per heavy atom. The molecule has 1 N–H and O–H groups in total. The number of unbranched alkanes of at least 4 members (excludes halogenated alkanes) is 8. The first kappa shape index (κ1) is 20.6. The summed E-state index contributed by atoms with van der Waals surface area (Å²) in [7, 11) is -3.91. The molecule has 3 nitrogen and oxygen atoms in total. The Labute approximate surface area is 149 Å². The van der Waals surface area contributed by atoms with Gasteiger partial charge in [0, 0.05) is 51.4 Å². The maximum atomic E-state index is 10.3. The molecule has 0 aromatic rings. The summed E-state index contributed by atoms with van der Waals surface area (Å²) in [5.74, 6) is 0. The van der Waals surface area contributed by atoms with E-state index in [9.17, 15) is 8.42 Å². The maximum Gasteiger partial charge on any atom is 0.287 e. The Kier molecular flexibility index (Phi) is 16.6. The molecule has 5 heteroatoms. The van der Waals surface area contributed by atoms with E-state index < -0.39 is 10.1 Å². The van der Waals surface area contributed by atoms with Crippen LogP contribution < -0.4 is 0 Å². The van der Waals surface area contributed by atoms with Gasteiger partial charge in [0.05, 0.1) is 5.41 Å². The van der Waals surface area contributed by atoms with Gasteiger partial charge in [-0.2, -0.15) is 8.42 Å². The molecule has 0 amide bonds. The van der Waals surface area contributed by atoms with E-state index in [0.29, 0.717) is 0 Å². The van der Waals surface area contributed by atoms with Gasteiger partial charge in [-0.3, -0.25) is 4.55 Å². The van der Waals surface area contributed by atoms with Crippen LogP contribution in [0, 0.1) is 0 Å². The second kappa shape index (κ2) is 13.7. The molecule has 0 spiro atoms. The summed E-state index contributed by atoms with van der Waals surface area (Å²) < 4.78 is 29.1. The molecular formula is C12H24KO3S. The van der Waals surface area contributed by atoms with Crippen LogP contribution in [0.2, 0.25) is 0 Å². The first-order valence-corrected chi connectivity index (χ1v) is 7.70. The van der Waals surface area contributed by atoms with Crippen molar-refractivity contribution in [2.24, 2.45) is 0 Å². The van der Waals surface area contributed by atoms with Crippen LogP contribution in [-0.2, 0) is 10.1 Å². The average Bonchev–Trinajstić information content (AvgIpc) is 2.19. The van der Waals surface area contributed by atoms with Gasteiger partial charge in [-0.05, 0) is 12.8 Å². The SMILES string of the molecule is CCCCCCCCCCC=CS(=O)(=O)O.[K]. The fourth-order valence-corrected chi connectivity index (χ4v) is 1.96. The van der Waals surface area contributed by atoms with Gasteiger partial charge in [0.25, 0.3) is 10.1 Å². The van der Waals surface area contributed by atoms with Gasteiger partial charge in [-0.1, -0.05) is 57.9 Å². The molecule has 0 bridgehead atoms. The largest absolute Gasteiger partial charge is 0.287 e. The zero-order valence-electron chi connectivity index (χ0n) is 11.2. The van der Waals surface area contributed by atoms with Crippen LogP contribution in [0.3, 0.4) is 0 Å². The Morgan fingerprint density at radius 2 is 1.41 bits per heavy atom. The molecule has 17 heavy (non-hydrogen) atoms. The third-order valence-corrected chi connectivity index (χ3v) is 3.03. The van der Waals surface area contributed by atoms with E-state index in [1.165, 1.54) is 44.6 Å². The smallest absolute Gasteiger partial charge is 0.282 e. The predicted octanol–water partition coefficient (Wildman–Crippen LogP) is 3.54. The Balaban J connectivity index is 0. The van der Waals surface area contributed by atoms with Gasteiger partial charge >= 0.3 is 0 Å². The third kappa shape index (κ3) is 19.8. The maximum absolute atomic E-state index is 10.3. The van der Waals surface area contributed by atoms with Crippen molar-refractivity contribution in [2.45, 2.75) is 64.7 Å². The molecule has 0 fully saturated rings. The van der Waals surface area contributed by atoms with Crippen molar-refractivity contribution in [3.8, 4) is 0 Å². The minimum atomic E-state index is -3.91. The van der Waals surface area contributed by atoms with Gasteiger partial charge in [0.2, 0.25) is 0 Å². The van der Waals surface area contributed by atoms with E-state index >= 15 is 0 Å². The summed E-state index contributed by atoms with van der Waals surface area (Å²) in [5.41, 5.74) is 0. The van der Waals surface area contributed by atoms with Crippen molar-refractivity contribution in [3.63, 3.8) is 0 Å². The summed E-state index contributed by atoms with van der Waals surface area (Å²) >= 11 is 0. The molecule has 0 aliphatic rings.